The van der Waals surface area contributed by atoms with Gasteiger partial charge in [0.1, 0.15) is 11.3 Å². The molecule has 2 atom stereocenters. The predicted molar refractivity (Wildman–Crippen MR) is 230 cm³/mol. The van der Waals surface area contributed by atoms with Gasteiger partial charge in [-0.2, -0.15) is 0 Å². The number of furan rings is 1. The van der Waals surface area contributed by atoms with Crippen molar-refractivity contribution in [3.8, 4) is 33.6 Å². The summed E-state index contributed by atoms with van der Waals surface area (Å²) in [6.45, 7) is 0. The Kier molecular flexibility index (Phi) is 7.56. The Bertz CT molecular complexity index is 2930. The SMILES string of the molecule is C1=CC2c3c(c4ccccc4c4ccccc34)SC2C=C1N(c1ccc(-c2cccc(-c3ccccc3)c2)cc1)c1ccc(-c2cc3ncccc3o2)cc1. The molecule has 2 unspecified atom stereocenters. The predicted octanol–water partition coefficient (Wildman–Crippen LogP) is 14.0. The Labute approximate surface area is 323 Å². The average Bonchev–Trinajstić information content (AvgIpc) is 3.87. The lowest BCUT2D eigenvalue weighted by Gasteiger charge is -2.30. The third-order valence-electron chi connectivity index (χ3n) is 11.1. The summed E-state index contributed by atoms with van der Waals surface area (Å²) in [7, 11) is 0. The van der Waals surface area contributed by atoms with Crippen molar-refractivity contribution in [3.05, 3.63) is 206 Å². The van der Waals surface area contributed by atoms with Crippen LogP contribution in [0.5, 0.6) is 0 Å². The van der Waals surface area contributed by atoms with Gasteiger partial charge in [0, 0.05) is 51.0 Å². The molecule has 0 bridgehead atoms. The van der Waals surface area contributed by atoms with Gasteiger partial charge in [0.05, 0.1) is 0 Å². The van der Waals surface area contributed by atoms with Gasteiger partial charge in [-0.05, 0) is 116 Å². The summed E-state index contributed by atoms with van der Waals surface area (Å²) in [5.41, 5.74) is 12.3. The molecule has 0 saturated heterocycles. The zero-order chi connectivity index (χ0) is 36.3. The van der Waals surface area contributed by atoms with Crippen LogP contribution in [0.3, 0.4) is 0 Å². The minimum absolute atomic E-state index is 0.272. The van der Waals surface area contributed by atoms with Crippen molar-refractivity contribution in [2.24, 2.45) is 0 Å². The summed E-state index contributed by atoms with van der Waals surface area (Å²) in [6.07, 6.45) is 9.05. The fraction of sp³-hybridized carbons (Fsp3) is 0.0392. The molecule has 0 fully saturated rings. The van der Waals surface area contributed by atoms with Crippen molar-refractivity contribution in [2.45, 2.75) is 16.1 Å². The molecule has 7 aromatic carbocycles. The van der Waals surface area contributed by atoms with E-state index in [-0.39, 0.29) is 5.25 Å². The first-order valence-electron chi connectivity index (χ1n) is 18.8. The second kappa shape index (κ2) is 13.0. The van der Waals surface area contributed by atoms with Gasteiger partial charge in [-0.1, -0.05) is 115 Å². The normalized spacial score (nSPS) is 16.0. The van der Waals surface area contributed by atoms with Crippen LogP contribution in [0.1, 0.15) is 11.5 Å². The molecule has 1 aliphatic heterocycles. The number of hydrogen-bond acceptors (Lipinski definition) is 4. The van der Waals surface area contributed by atoms with Crippen LogP contribution >= 0.6 is 11.8 Å². The first kappa shape index (κ1) is 31.9. The highest BCUT2D eigenvalue weighted by Crippen LogP contribution is 2.55. The number of rotatable bonds is 6. The summed E-state index contributed by atoms with van der Waals surface area (Å²) >= 11 is 2.00. The number of aromatic nitrogens is 1. The van der Waals surface area contributed by atoms with Crippen LogP contribution in [0.4, 0.5) is 11.4 Å². The highest BCUT2D eigenvalue weighted by molar-refractivity contribution is 8.00. The maximum Gasteiger partial charge on any atom is 0.153 e. The van der Waals surface area contributed by atoms with Crippen LogP contribution in [0.2, 0.25) is 0 Å². The van der Waals surface area contributed by atoms with Crippen LogP contribution in [0.15, 0.2) is 209 Å². The van der Waals surface area contributed by atoms with Crippen molar-refractivity contribution in [3.63, 3.8) is 0 Å². The number of anilines is 2. The van der Waals surface area contributed by atoms with Gasteiger partial charge < -0.3 is 9.32 Å². The van der Waals surface area contributed by atoms with E-state index in [4.69, 9.17) is 4.42 Å². The summed E-state index contributed by atoms with van der Waals surface area (Å²) < 4.78 is 6.18. The smallest absolute Gasteiger partial charge is 0.153 e. The highest BCUT2D eigenvalue weighted by atomic mass is 32.2. The summed E-state index contributed by atoms with van der Waals surface area (Å²) in [6, 6.07) is 60.8. The second-order valence-corrected chi connectivity index (χ2v) is 15.5. The number of hydrogen-bond donors (Lipinski definition) is 0. The maximum absolute atomic E-state index is 6.18. The van der Waals surface area contributed by atoms with Gasteiger partial charge in [0.2, 0.25) is 0 Å². The molecule has 0 saturated carbocycles. The first-order valence-corrected chi connectivity index (χ1v) is 19.6. The van der Waals surface area contributed by atoms with E-state index in [0.29, 0.717) is 5.92 Å². The van der Waals surface area contributed by atoms with Gasteiger partial charge in [-0.15, -0.1) is 11.8 Å². The third kappa shape index (κ3) is 5.48. The van der Waals surface area contributed by atoms with Crippen molar-refractivity contribution >= 4 is 55.8 Å². The Hall–Kier alpha value is -6.62. The summed E-state index contributed by atoms with van der Waals surface area (Å²) in [5.74, 6) is 1.11. The van der Waals surface area contributed by atoms with Gasteiger partial charge in [0.15, 0.2) is 5.58 Å². The molecule has 2 aromatic heterocycles. The largest absolute Gasteiger partial charge is 0.454 e. The number of pyridine rings is 1. The van der Waals surface area contributed by atoms with E-state index < -0.39 is 0 Å². The molecule has 9 aromatic rings. The van der Waals surface area contributed by atoms with Crippen molar-refractivity contribution in [1.29, 1.82) is 0 Å². The molecule has 0 radical (unpaired) electrons. The molecular formula is C51H34N2OS. The molecule has 0 spiro atoms. The lowest BCUT2D eigenvalue weighted by Crippen LogP contribution is -2.20. The van der Waals surface area contributed by atoms with Crippen molar-refractivity contribution < 1.29 is 4.42 Å². The number of fused-ring (bicyclic) bond motifs is 9. The molecule has 3 nitrogen and oxygen atoms in total. The number of thioether (sulfide) groups is 1. The van der Waals surface area contributed by atoms with E-state index >= 15 is 0 Å². The van der Waals surface area contributed by atoms with Crippen LogP contribution in [0.25, 0.3) is 66.2 Å². The van der Waals surface area contributed by atoms with Gasteiger partial charge in [0.25, 0.3) is 0 Å². The van der Waals surface area contributed by atoms with E-state index in [1.807, 2.05) is 30.0 Å². The van der Waals surface area contributed by atoms with E-state index in [9.17, 15) is 0 Å². The van der Waals surface area contributed by atoms with Crippen LogP contribution in [0, 0.1) is 0 Å². The molecular weight excluding hydrogens is 689 g/mol. The molecule has 1 aliphatic carbocycles. The second-order valence-electron chi connectivity index (χ2n) is 14.3. The summed E-state index contributed by atoms with van der Waals surface area (Å²) in [4.78, 5) is 8.28. The molecule has 3 heterocycles. The topological polar surface area (TPSA) is 29.3 Å². The molecule has 11 rings (SSSR count). The fourth-order valence-electron chi connectivity index (χ4n) is 8.43. The Balaban J connectivity index is 0.988. The number of benzene rings is 7. The van der Waals surface area contributed by atoms with E-state index in [0.717, 1.165) is 39.5 Å². The lowest BCUT2D eigenvalue weighted by molar-refractivity contribution is 0.631. The number of nitrogens with zero attached hydrogens (tertiary/aromatic N) is 2. The van der Waals surface area contributed by atoms with Crippen LogP contribution < -0.4 is 4.90 Å². The maximum atomic E-state index is 6.18. The quantitative estimate of drug-likeness (QED) is 0.160. The molecule has 0 N–H and O–H groups in total. The van der Waals surface area contributed by atoms with E-state index in [1.165, 1.54) is 54.3 Å². The lowest BCUT2D eigenvalue weighted by atomic mass is 9.86. The van der Waals surface area contributed by atoms with Crippen molar-refractivity contribution in [2.75, 3.05) is 4.90 Å². The van der Waals surface area contributed by atoms with Gasteiger partial charge >= 0.3 is 0 Å². The first-order chi connectivity index (χ1) is 27.2. The average molecular weight is 723 g/mol. The Morgan fingerprint density at radius 2 is 1.15 bits per heavy atom. The standard InChI is InChI=1S/C51H34N2OS/c1-2-10-33(11-3-1)36-12-8-13-37(30-36)34-19-23-38(24-20-34)53(39-25-21-35(22-26-39)48-32-46-47(54-48)18-9-29-52-46)40-27-28-45-49(31-40)55-51-44-17-7-5-15-42(44)41-14-4-6-16-43(41)50(45)51/h1-32,45,49H. The molecule has 260 valence electrons. The van der Waals surface area contributed by atoms with Crippen LogP contribution in [-0.4, -0.2) is 10.2 Å². The molecule has 55 heavy (non-hydrogen) atoms. The molecule has 4 heteroatoms. The van der Waals surface area contributed by atoms with E-state index in [2.05, 4.69) is 180 Å². The van der Waals surface area contributed by atoms with Gasteiger partial charge in [-0.3, -0.25) is 4.98 Å². The minimum Gasteiger partial charge on any atom is -0.454 e. The zero-order valence-electron chi connectivity index (χ0n) is 29.8. The fourth-order valence-corrected chi connectivity index (χ4v) is 9.96. The van der Waals surface area contributed by atoms with Crippen molar-refractivity contribution in [1.82, 2.24) is 4.98 Å². The van der Waals surface area contributed by atoms with Crippen LogP contribution in [-0.2, 0) is 0 Å². The monoisotopic (exact) mass is 722 g/mol. The molecule has 2 aliphatic rings. The summed E-state index contributed by atoms with van der Waals surface area (Å²) in [5, 5.41) is 5.64. The molecule has 0 amide bonds. The zero-order valence-corrected chi connectivity index (χ0v) is 30.7. The third-order valence-corrected chi connectivity index (χ3v) is 12.4. The minimum atomic E-state index is 0.272. The van der Waals surface area contributed by atoms with Gasteiger partial charge in [-0.25, -0.2) is 0 Å². The highest BCUT2D eigenvalue weighted by Gasteiger charge is 2.36. The number of allylic oxidation sites excluding steroid dienone is 2. The Morgan fingerprint density at radius 3 is 1.87 bits per heavy atom. The Morgan fingerprint density at radius 1 is 0.527 bits per heavy atom. The van der Waals surface area contributed by atoms with E-state index in [1.54, 1.807) is 6.20 Å².